The van der Waals surface area contributed by atoms with E-state index in [1.54, 1.807) is 6.08 Å². The predicted octanol–water partition coefficient (Wildman–Crippen LogP) is 5.59. The molecule has 5 heteroatoms. The van der Waals surface area contributed by atoms with Gasteiger partial charge in [-0.1, -0.05) is 74.3 Å². The van der Waals surface area contributed by atoms with Gasteiger partial charge in [-0.15, -0.1) is 0 Å². The van der Waals surface area contributed by atoms with Gasteiger partial charge in [-0.25, -0.2) is 0 Å². The zero-order chi connectivity index (χ0) is 27.1. The van der Waals surface area contributed by atoms with Crippen molar-refractivity contribution in [2.24, 2.45) is 17.3 Å². The molecule has 2 N–H and O–H groups in total. The zero-order valence-corrected chi connectivity index (χ0v) is 24.0. The fourth-order valence-corrected chi connectivity index (χ4v) is 9.19. The second kappa shape index (κ2) is 13.4. The third-order valence-corrected chi connectivity index (χ3v) is 10.7. The van der Waals surface area contributed by atoms with Gasteiger partial charge in [0.2, 0.25) is 0 Å². The summed E-state index contributed by atoms with van der Waals surface area (Å²) in [6.07, 6.45) is 31.5. The Morgan fingerprint density at radius 1 is 0.795 bits per heavy atom. The fraction of sp³-hybridized carbons (Fsp3) is 0.735. The van der Waals surface area contributed by atoms with Crippen LogP contribution in [0.25, 0.3) is 0 Å². The molecule has 3 fully saturated rings. The molecule has 1 spiro atoms. The largest absolute Gasteiger partial charge is 0.388 e. The molecule has 5 rings (SSSR count). The maximum atomic E-state index is 13.4. The van der Waals surface area contributed by atoms with Crippen molar-refractivity contribution in [2.45, 2.75) is 114 Å². The molecular formula is C34H52N2O3. The molecule has 4 aliphatic heterocycles. The van der Waals surface area contributed by atoms with Crippen molar-refractivity contribution >= 4 is 6.29 Å². The highest BCUT2D eigenvalue weighted by atomic mass is 16.3. The van der Waals surface area contributed by atoms with Crippen LogP contribution < -0.4 is 0 Å². The van der Waals surface area contributed by atoms with Gasteiger partial charge in [-0.05, 0) is 95.7 Å². The van der Waals surface area contributed by atoms with Gasteiger partial charge in [0.15, 0.2) is 0 Å². The van der Waals surface area contributed by atoms with Crippen LogP contribution in [0.2, 0.25) is 0 Å². The van der Waals surface area contributed by atoms with Crippen molar-refractivity contribution in [3.8, 4) is 0 Å². The number of nitrogens with zero attached hydrogens (tertiary/aromatic N) is 2. The smallest absolute Gasteiger partial charge is 0.127 e. The van der Waals surface area contributed by atoms with Crippen LogP contribution in [0.4, 0.5) is 0 Å². The first-order valence-corrected chi connectivity index (χ1v) is 16.1. The van der Waals surface area contributed by atoms with Crippen LogP contribution in [0.3, 0.4) is 0 Å². The number of rotatable bonds is 1. The fourth-order valence-electron chi connectivity index (χ4n) is 9.19. The van der Waals surface area contributed by atoms with Crippen molar-refractivity contribution < 1.29 is 15.0 Å². The van der Waals surface area contributed by atoms with E-state index >= 15 is 0 Å². The summed E-state index contributed by atoms with van der Waals surface area (Å²) < 4.78 is 0. The van der Waals surface area contributed by atoms with Crippen molar-refractivity contribution in [1.29, 1.82) is 0 Å². The number of hydrogen-bond donors (Lipinski definition) is 2. The lowest BCUT2D eigenvalue weighted by Crippen LogP contribution is -2.78. The van der Waals surface area contributed by atoms with Gasteiger partial charge < -0.3 is 15.0 Å². The quantitative estimate of drug-likeness (QED) is 0.338. The van der Waals surface area contributed by atoms with Gasteiger partial charge in [0, 0.05) is 18.0 Å². The highest BCUT2D eigenvalue weighted by molar-refractivity contribution is 5.63. The molecule has 5 aliphatic rings. The van der Waals surface area contributed by atoms with Crippen LogP contribution in [-0.2, 0) is 4.79 Å². The van der Waals surface area contributed by atoms with E-state index in [4.69, 9.17) is 0 Å². The lowest BCUT2D eigenvalue weighted by Gasteiger charge is -2.65. The Balaban J connectivity index is 1.57. The summed E-state index contributed by atoms with van der Waals surface area (Å²) in [7, 11) is 0. The number of aldehydes is 1. The molecule has 4 bridgehead atoms. The normalized spacial score (nSPS) is 44.5. The predicted molar refractivity (Wildman–Crippen MR) is 158 cm³/mol. The second-order valence-corrected chi connectivity index (χ2v) is 13.0. The van der Waals surface area contributed by atoms with E-state index in [-0.39, 0.29) is 6.04 Å². The lowest BCUT2D eigenvalue weighted by atomic mass is 9.50. The molecule has 0 aromatic carbocycles. The van der Waals surface area contributed by atoms with E-state index in [9.17, 15) is 15.0 Å². The Bertz CT molecular complexity index is 927. The Morgan fingerprint density at radius 2 is 1.54 bits per heavy atom. The SMILES string of the molecule is O=CC12CCCCCCC/C=C/CCCN3CCC4C(CN5CCC/C=C\C/C=C\C=C\[C@H](O)[C@@H](O)C45C31)C2. The summed E-state index contributed by atoms with van der Waals surface area (Å²) in [6.45, 7) is 3.78. The van der Waals surface area contributed by atoms with Crippen LogP contribution >= 0.6 is 0 Å². The van der Waals surface area contributed by atoms with Crippen LogP contribution in [0.5, 0.6) is 0 Å². The van der Waals surface area contributed by atoms with Crippen LogP contribution in [0.1, 0.15) is 89.9 Å². The molecular weight excluding hydrogens is 484 g/mol. The van der Waals surface area contributed by atoms with Gasteiger partial charge in [0.1, 0.15) is 18.5 Å². The Hall–Kier alpha value is -1.53. The summed E-state index contributed by atoms with van der Waals surface area (Å²) >= 11 is 0. The van der Waals surface area contributed by atoms with E-state index in [0.29, 0.717) is 11.8 Å². The first kappa shape index (κ1) is 29.0. The Morgan fingerprint density at radius 3 is 2.38 bits per heavy atom. The van der Waals surface area contributed by atoms with Crippen molar-refractivity contribution in [3.05, 3.63) is 48.6 Å². The molecule has 216 valence electrons. The van der Waals surface area contributed by atoms with Crippen LogP contribution in [0, 0.1) is 17.3 Å². The number of carbonyl (C=O) groups excluding carboxylic acids is 1. The molecule has 5 unspecified atom stereocenters. The van der Waals surface area contributed by atoms with Crippen molar-refractivity contribution in [1.82, 2.24) is 9.80 Å². The zero-order valence-electron chi connectivity index (χ0n) is 24.0. The third kappa shape index (κ3) is 5.80. The molecule has 7 atom stereocenters. The number of carbonyl (C=O) groups is 1. The Labute approximate surface area is 236 Å². The highest BCUT2D eigenvalue weighted by Gasteiger charge is 2.72. The molecule has 1 aliphatic carbocycles. The molecule has 0 aromatic rings. The van der Waals surface area contributed by atoms with E-state index in [1.165, 1.54) is 38.4 Å². The molecule has 2 saturated heterocycles. The van der Waals surface area contributed by atoms with E-state index in [2.05, 4.69) is 40.2 Å². The minimum absolute atomic E-state index is 0.0638. The standard InChI is InChI=1S/C34H52N2O3/c37-27-33-21-16-12-8-4-1-2-5-9-13-17-22-35-24-20-29-28(25-33)26-36-23-18-14-10-6-3-7-11-15-19-30(38)31(39)34(29,36)32(33)35/h5-7,9-11,15,19,27-32,38-39H,1-4,8,12-14,16-18,20-26H2/b9-5+,10-6-,11-7-,19-15+/t28?,29?,30-,31+,32?,33?,34?/m0/s1. The topological polar surface area (TPSA) is 64.0 Å². The first-order chi connectivity index (χ1) is 19.1. The number of allylic oxidation sites excluding steroid dienone is 7. The minimum atomic E-state index is -0.959. The van der Waals surface area contributed by atoms with Crippen LogP contribution in [-0.4, -0.2) is 76.3 Å². The van der Waals surface area contributed by atoms with Gasteiger partial charge in [-0.2, -0.15) is 0 Å². The average Bonchev–Trinajstić information content (AvgIpc) is 3.17. The number of piperidine rings is 1. The van der Waals surface area contributed by atoms with E-state index in [0.717, 1.165) is 84.0 Å². The van der Waals surface area contributed by atoms with Gasteiger partial charge >= 0.3 is 0 Å². The average molecular weight is 537 g/mol. The number of aliphatic hydroxyl groups is 2. The Kier molecular flexibility index (Phi) is 9.97. The molecule has 1 saturated carbocycles. The minimum Gasteiger partial charge on any atom is -0.388 e. The lowest BCUT2D eigenvalue weighted by molar-refractivity contribution is -0.190. The van der Waals surface area contributed by atoms with Crippen molar-refractivity contribution in [3.63, 3.8) is 0 Å². The summed E-state index contributed by atoms with van der Waals surface area (Å²) in [5.74, 6) is 0.710. The summed E-state index contributed by atoms with van der Waals surface area (Å²) in [5, 5.41) is 23.8. The molecule has 39 heavy (non-hydrogen) atoms. The number of aliphatic hydroxyl groups excluding tert-OH is 2. The maximum Gasteiger partial charge on any atom is 0.127 e. The molecule has 0 aromatic heterocycles. The molecule has 5 nitrogen and oxygen atoms in total. The van der Waals surface area contributed by atoms with Gasteiger partial charge in [-0.3, -0.25) is 9.80 Å². The molecule has 4 heterocycles. The van der Waals surface area contributed by atoms with Gasteiger partial charge in [0.05, 0.1) is 5.54 Å². The molecule has 0 amide bonds. The second-order valence-electron chi connectivity index (χ2n) is 13.0. The summed E-state index contributed by atoms with van der Waals surface area (Å²) in [5.41, 5.74) is -1.07. The summed E-state index contributed by atoms with van der Waals surface area (Å²) in [4.78, 5) is 18.6. The number of hydrogen-bond acceptors (Lipinski definition) is 5. The van der Waals surface area contributed by atoms with E-state index < -0.39 is 23.2 Å². The third-order valence-electron chi connectivity index (χ3n) is 10.7. The molecule has 0 radical (unpaired) electrons. The van der Waals surface area contributed by atoms with Crippen molar-refractivity contribution in [2.75, 3.05) is 26.2 Å². The maximum absolute atomic E-state index is 13.4. The summed E-state index contributed by atoms with van der Waals surface area (Å²) in [6, 6.07) is -0.0638. The van der Waals surface area contributed by atoms with Crippen LogP contribution in [0.15, 0.2) is 48.6 Å². The first-order valence-electron chi connectivity index (χ1n) is 16.1. The monoisotopic (exact) mass is 536 g/mol. The van der Waals surface area contributed by atoms with E-state index in [1.807, 2.05) is 12.2 Å². The highest BCUT2D eigenvalue weighted by Crippen LogP contribution is 2.62. The van der Waals surface area contributed by atoms with Gasteiger partial charge in [0.25, 0.3) is 0 Å².